The molecule has 20 heavy (non-hydrogen) atoms. The second-order valence-electron chi connectivity index (χ2n) is 4.99. The van der Waals surface area contributed by atoms with E-state index in [1.807, 2.05) is 25.1 Å². The van der Waals surface area contributed by atoms with E-state index in [-0.39, 0.29) is 6.04 Å². The molecule has 2 nitrogen and oxygen atoms in total. The predicted octanol–water partition coefficient (Wildman–Crippen LogP) is 4.67. The molecule has 0 heterocycles. The van der Waals surface area contributed by atoms with Crippen molar-refractivity contribution < 1.29 is 0 Å². The summed E-state index contributed by atoms with van der Waals surface area (Å²) in [5.41, 5.74) is 3.93. The molecule has 0 aliphatic carbocycles. The molecule has 0 saturated heterocycles. The van der Waals surface area contributed by atoms with Crippen molar-refractivity contribution in [1.82, 2.24) is 0 Å². The van der Waals surface area contributed by atoms with Gasteiger partial charge in [-0.25, -0.2) is 0 Å². The van der Waals surface area contributed by atoms with Gasteiger partial charge in [-0.1, -0.05) is 40.2 Å². The minimum atomic E-state index is 0.269. The summed E-state index contributed by atoms with van der Waals surface area (Å²) in [6, 6.07) is 16.8. The van der Waals surface area contributed by atoms with Crippen molar-refractivity contribution >= 4 is 21.6 Å². The maximum atomic E-state index is 9.24. The summed E-state index contributed by atoms with van der Waals surface area (Å²) in [6.45, 7) is 4.09. The number of hydrogen-bond acceptors (Lipinski definition) is 2. The van der Waals surface area contributed by atoms with Crippen molar-refractivity contribution in [1.29, 1.82) is 5.26 Å². The first-order chi connectivity index (χ1) is 9.60. The molecule has 0 aliphatic rings. The average Bonchev–Trinajstić information content (AvgIpc) is 2.42. The fraction of sp³-hybridized carbons (Fsp3) is 0.235. The van der Waals surface area contributed by atoms with Crippen molar-refractivity contribution in [2.75, 3.05) is 5.32 Å². The van der Waals surface area contributed by atoms with E-state index in [1.165, 1.54) is 5.56 Å². The van der Waals surface area contributed by atoms with Crippen molar-refractivity contribution in [3.05, 3.63) is 63.6 Å². The molecular weight excluding hydrogens is 312 g/mol. The first-order valence-electron chi connectivity index (χ1n) is 6.61. The Morgan fingerprint density at radius 2 is 1.90 bits per heavy atom. The molecule has 1 N–H and O–H groups in total. The van der Waals surface area contributed by atoms with Gasteiger partial charge in [0.25, 0.3) is 0 Å². The second kappa shape index (κ2) is 6.58. The Bertz CT molecular complexity index is 626. The van der Waals surface area contributed by atoms with E-state index in [4.69, 9.17) is 0 Å². The Morgan fingerprint density at radius 3 is 2.55 bits per heavy atom. The van der Waals surface area contributed by atoms with Gasteiger partial charge >= 0.3 is 0 Å². The highest BCUT2D eigenvalue weighted by molar-refractivity contribution is 9.10. The van der Waals surface area contributed by atoms with Gasteiger partial charge in [-0.05, 0) is 49.6 Å². The highest BCUT2D eigenvalue weighted by Gasteiger charge is 2.08. The molecule has 0 aliphatic heterocycles. The molecule has 0 radical (unpaired) electrons. The second-order valence-corrected chi connectivity index (χ2v) is 5.90. The van der Waals surface area contributed by atoms with Gasteiger partial charge in [0.15, 0.2) is 0 Å². The van der Waals surface area contributed by atoms with Gasteiger partial charge in [-0.2, -0.15) is 5.26 Å². The van der Waals surface area contributed by atoms with Crippen LogP contribution in [0.3, 0.4) is 0 Å². The number of nitrogens with one attached hydrogen (secondary N) is 1. The maximum absolute atomic E-state index is 9.24. The van der Waals surface area contributed by atoms with Gasteiger partial charge in [0.05, 0.1) is 11.3 Å². The zero-order chi connectivity index (χ0) is 14.5. The number of halogens is 1. The van der Waals surface area contributed by atoms with Crippen LogP contribution < -0.4 is 5.32 Å². The van der Waals surface area contributed by atoms with E-state index in [1.54, 1.807) is 0 Å². The van der Waals surface area contributed by atoms with Crippen LogP contribution in [0.5, 0.6) is 0 Å². The molecule has 2 rings (SSSR count). The van der Waals surface area contributed by atoms with Gasteiger partial charge in [0, 0.05) is 10.5 Å². The topological polar surface area (TPSA) is 35.8 Å². The van der Waals surface area contributed by atoms with Crippen molar-refractivity contribution in [3.8, 4) is 6.07 Å². The normalized spacial score (nSPS) is 11.7. The summed E-state index contributed by atoms with van der Waals surface area (Å²) in [5, 5.41) is 12.7. The Labute approximate surface area is 128 Å². The van der Waals surface area contributed by atoms with Crippen LogP contribution in [0.2, 0.25) is 0 Å². The summed E-state index contributed by atoms with van der Waals surface area (Å²) in [7, 11) is 0. The van der Waals surface area contributed by atoms with E-state index < -0.39 is 0 Å². The molecule has 0 aromatic heterocycles. The van der Waals surface area contributed by atoms with Gasteiger partial charge in [0.2, 0.25) is 0 Å². The highest BCUT2D eigenvalue weighted by Crippen LogP contribution is 2.20. The Morgan fingerprint density at radius 1 is 1.20 bits per heavy atom. The summed E-state index contributed by atoms with van der Waals surface area (Å²) in [5.74, 6) is 0. The molecule has 0 fully saturated rings. The Hall–Kier alpha value is -1.79. The third kappa shape index (κ3) is 3.61. The van der Waals surface area contributed by atoms with Gasteiger partial charge in [0.1, 0.15) is 6.07 Å². The fourth-order valence-electron chi connectivity index (χ4n) is 2.23. The monoisotopic (exact) mass is 328 g/mol. The molecule has 3 heteroatoms. The average molecular weight is 329 g/mol. The minimum Gasteiger partial charge on any atom is -0.381 e. The summed E-state index contributed by atoms with van der Waals surface area (Å²) in [4.78, 5) is 0. The van der Waals surface area contributed by atoms with Crippen LogP contribution in [-0.4, -0.2) is 6.04 Å². The van der Waals surface area contributed by atoms with E-state index >= 15 is 0 Å². The SMILES string of the molecule is Cc1cccc(NC(C)Cc2ccc(Br)cc2)c1C#N. The lowest BCUT2D eigenvalue weighted by molar-refractivity contribution is 0.789. The Kier molecular flexibility index (Phi) is 4.81. The summed E-state index contributed by atoms with van der Waals surface area (Å²) < 4.78 is 1.09. The van der Waals surface area contributed by atoms with Gasteiger partial charge < -0.3 is 5.32 Å². The Balaban J connectivity index is 2.09. The van der Waals surface area contributed by atoms with E-state index in [0.717, 1.165) is 27.7 Å². The zero-order valence-corrected chi connectivity index (χ0v) is 13.2. The lowest BCUT2D eigenvalue weighted by Crippen LogP contribution is -2.19. The van der Waals surface area contributed by atoms with Gasteiger partial charge in [-0.3, -0.25) is 0 Å². The number of nitrogens with zero attached hydrogens (tertiary/aromatic N) is 1. The van der Waals surface area contributed by atoms with E-state index in [2.05, 4.69) is 58.5 Å². The number of aryl methyl sites for hydroxylation is 1. The molecule has 102 valence electrons. The highest BCUT2D eigenvalue weighted by atomic mass is 79.9. The molecule has 1 unspecified atom stereocenters. The molecule has 0 bridgehead atoms. The number of hydrogen-bond donors (Lipinski definition) is 1. The largest absolute Gasteiger partial charge is 0.381 e. The molecular formula is C17H17BrN2. The van der Waals surface area contributed by atoms with Crippen molar-refractivity contribution in [2.45, 2.75) is 26.3 Å². The number of anilines is 1. The third-order valence-electron chi connectivity index (χ3n) is 3.24. The van der Waals surface area contributed by atoms with Crippen LogP contribution >= 0.6 is 15.9 Å². The van der Waals surface area contributed by atoms with Crippen molar-refractivity contribution in [3.63, 3.8) is 0 Å². The first kappa shape index (κ1) is 14.6. The van der Waals surface area contributed by atoms with Crippen LogP contribution in [0.25, 0.3) is 0 Å². The molecule has 0 amide bonds. The van der Waals surface area contributed by atoms with Crippen molar-refractivity contribution in [2.24, 2.45) is 0 Å². The smallest absolute Gasteiger partial charge is 0.102 e. The predicted molar refractivity (Wildman–Crippen MR) is 86.8 cm³/mol. The first-order valence-corrected chi connectivity index (χ1v) is 7.40. The maximum Gasteiger partial charge on any atom is 0.102 e. The van der Waals surface area contributed by atoms with E-state index in [0.29, 0.717) is 0 Å². The van der Waals surface area contributed by atoms with Crippen LogP contribution in [0.4, 0.5) is 5.69 Å². The summed E-state index contributed by atoms with van der Waals surface area (Å²) in [6.07, 6.45) is 0.923. The standard InChI is InChI=1S/C17H17BrN2/c1-12-4-3-5-17(16(12)11-19)20-13(2)10-14-6-8-15(18)9-7-14/h3-9,13,20H,10H2,1-2H3. The lowest BCUT2D eigenvalue weighted by Gasteiger charge is -2.17. The van der Waals surface area contributed by atoms with Crippen LogP contribution in [0, 0.1) is 18.3 Å². The summed E-state index contributed by atoms with van der Waals surface area (Å²) >= 11 is 3.44. The molecule has 2 aromatic rings. The van der Waals surface area contributed by atoms with Crippen LogP contribution in [0.1, 0.15) is 23.6 Å². The zero-order valence-electron chi connectivity index (χ0n) is 11.7. The fourth-order valence-corrected chi connectivity index (χ4v) is 2.49. The molecule has 0 saturated carbocycles. The van der Waals surface area contributed by atoms with Crippen LogP contribution in [-0.2, 0) is 6.42 Å². The van der Waals surface area contributed by atoms with Crippen LogP contribution in [0.15, 0.2) is 46.9 Å². The molecule has 0 spiro atoms. The molecule has 2 aromatic carbocycles. The minimum absolute atomic E-state index is 0.269. The van der Waals surface area contributed by atoms with E-state index in [9.17, 15) is 5.26 Å². The van der Waals surface area contributed by atoms with Gasteiger partial charge in [-0.15, -0.1) is 0 Å². The lowest BCUT2D eigenvalue weighted by atomic mass is 10.0. The number of rotatable bonds is 4. The molecule has 1 atom stereocenters. The number of nitriles is 1. The third-order valence-corrected chi connectivity index (χ3v) is 3.77. The number of benzene rings is 2. The quantitative estimate of drug-likeness (QED) is 0.885.